The molecular formula is C31H29N3O3S. The Labute approximate surface area is 223 Å². The van der Waals surface area contributed by atoms with Crippen molar-refractivity contribution in [3.05, 3.63) is 132 Å². The molecule has 0 bridgehead atoms. The molecule has 192 valence electrons. The smallest absolute Gasteiger partial charge is 0.244 e. The standard InChI is InChI=1S/C31H29N3O3S/c35-38(36,31-12-4-9-28-8-1-2-11-30(28)31)34(23-26-15-19-33-20-16-26)24-27-6-3-10-29(22-27)37-21-5-7-25-13-17-32-18-14-25/h1-4,6,8-20,22H,5,7,21,23-24H2. The van der Waals surface area contributed by atoms with Crippen LogP contribution in [0.3, 0.4) is 0 Å². The number of fused-ring (bicyclic) bond motifs is 1. The van der Waals surface area contributed by atoms with Gasteiger partial charge in [0.15, 0.2) is 0 Å². The van der Waals surface area contributed by atoms with E-state index in [4.69, 9.17) is 4.74 Å². The lowest BCUT2D eigenvalue weighted by atomic mass is 10.1. The Morgan fingerprint density at radius 2 is 1.34 bits per heavy atom. The van der Waals surface area contributed by atoms with Gasteiger partial charge >= 0.3 is 0 Å². The van der Waals surface area contributed by atoms with Gasteiger partial charge in [0.05, 0.1) is 11.5 Å². The van der Waals surface area contributed by atoms with Crippen molar-refractivity contribution in [1.29, 1.82) is 0 Å². The van der Waals surface area contributed by atoms with Gasteiger partial charge < -0.3 is 4.74 Å². The highest BCUT2D eigenvalue weighted by atomic mass is 32.2. The van der Waals surface area contributed by atoms with Gasteiger partial charge in [0.25, 0.3) is 0 Å². The van der Waals surface area contributed by atoms with Gasteiger partial charge in [0.2, 0.25) is 10.0 Å². The molecule has 0 spiro atoms. The van der Waals surface area contributed by atoms with Crippen molar-refractivity contribution in [3.8, 4) is 5.75 Å². The Balaban J connectivity index is 1.37. The van der Waals surface area contributed by atoms with Crippen molar-refractivity contribution in [2.24, 2.45) is 0 Å². The molecule has 0 aliphatic rings. The Hall–Kier alpha value is -4.07. The van der Waals surface area contributed by atoms with E-state index in [1.165, 1.54) is 9.87 Å². The zero-order valence-corrected chi connectivity index (χ0v) is 21.8. The largest absolute Gasteiger partial charge is 0.494 e. The monoisotopic (exact) mass is 523 g/mol. The van der Waals surface area contributed by atoms with Crippen molar-refractivity contribution >= 4 is 20.8 Å². The zero-order chi connectivity index (χ0) is 26.2. The van der Waals surface area contributed by atoms with Crippen LogP contribution in [0, 0.1) is 0 Å². The molecule has 6 nitrogen and oxygen atoms in total. The van der Waals surface area contributed by atoms with E-state index in [9.17, 15) is 8.42 Å². The second-order valence-corrected chi connectivity index (χ2v) is 11.0. The minimum Gasteiger partial charge on any atom is -0.494 e. The summed E-state index contributed by atoms with van der Waals surface area (Å²) in [6.45, 7) is 1.01. The fourth-order valence-corrected chi connectivity index (χ4v) is 6.06. The van der Waals surface area contributed by atoms with Crippen molar-refractivity contribution in [2.45, 2.75) is 30.8 Å². The predicted molar refractivity (Wildman–Crippen MR) is 149 cm³/mol. The number of hydrogen-bond acceptors (Lipinski definition) is 5. The average molecular weight is 524 g/mol. The van der Waals surface area contributed by atoms with E-state index >= 15 is 0 Å². The normalized spacial score (nSPS) is 11.6. The van der Waals surface area contributed by atoms with Gasteiger partial charge in [-0.1, -0.05) is 48.5 Å². The van der Waals surface area contributed by atoms with Gasteiger partial charge in [0, 0.05) is 43.3 Å². The summed E-state index contributed by atoms with van der Waals surface area (Å²) in [7, 11) is -3.82. The van der Waals surface area contributed by atoms with Gasteiger partial charge in [-0.3, -0.25) is 9.97 Å². The molecule has 38 heavy (non-hydrogen) atoms. The predicted octanol–water partition coefficient (Wildman–Crippen LogP) is 6.03. The van der Waals surface area contributed by atoms with E-state index in [2.05, 4.69) is 9.97 Å². The summed E-state index contributed by atoms with van der Waals surface area (Å²) in [5.41, 5.74) is 2.95. The molecule has 0 radical (unpaired) electrons. The van der Waals surface area contributed by atoms with E-state index < -0.39 is 10.0 Å². The number of sulfonamides is 1. The molecule has 0 aliphatic carbocycles. The topological polar surface area (TPSA) is 72.4 Å². The molecule has 5 aromatic rings. The van der Waals surface area contributed by atoms with Crippen LogP contribution in [0.15, 0.2) is 121 Å². The van der Waals surface area contributed by atoms with Crippen LogP contribution in [0.4, 0.5) is 0 Å². The Morgan fingerprint density at radius 1 is 0.684 bits per heavy atom. The third-order valence-electron chi connectivity index (χ3n) is 6.36. The first-order valence-corrected chi connectivity index (χ1v) is 14.0. The first kappa shape index (κ1) is 25.6. The second-order valence-electron chi connectivity index (χ2n) is 9.06. The molecule has 0 unspecified atom stereocenters. The quantitative estimate of drug-likeness (QED) is 0.198. The maximum absolute atomic E-state index is 14.1. The van der Waals surface area contributed by atoms with E-state index in [-0.39, 0.29) is 13.1 Å². The lowest BCUT2D eigenvalue weighted by Gasteiger charge is -2.23. The Bertz CT molecular complexity index is 1590. The molecule has 0 atom stereocenters. The summed E-state index contributed by atoms with van der Waals surface area (Å²) >= 11 is 0. The highest BCUT2D eigenvalue weighted by Crippen LogP contribution is 2.28. The van der Waals surface area contributed by atoms with Gasteiger partial charge in [-0.25, -0.2) is 8.42 Å². The number of aromatic nitrogens is 2. The maximum Gasteiger partial charge on any atom is 0.244 e. The number of rotatable bonds is 11. The molecule has 0 amide bonds. The number of nitrogens with zero attached hydrogens (tertiary/aromatic N) is 3. The first-order valence-electron chi connectivity index (χ1n) is 12.6. The third kappa shape index (κ3) is 6.25. The molecule has 0 saturated carbocycles. The van der Waals surface area contributed by atoms with Gasteiger partial charge in [-0.05, 0) is 77.4 Å². The zero-order valence-electron chi connectivity index (χ0n) is 21.0. The summed E-state index contributed by atoms with van der Waals surface area (Å²) < 4.78 is 35.6. The summed E-state index contributed by atoms with van der Waals surface area (Å²) in [4.78, 5) is 8.43. The van der Waals surface area contributed by atoms with Crippen LogP contribution in [-0.4, -0.2) is 29.3 Å². The van der Waals surface area contributed by atoms with Crippen LogP contribution in [0.2, 0.25) is 0 Å². The maximum atomic E-state index is 14.1. The fraction of sp³-hybridized carbons (Fsp3) is 0.161. The molecule has 0 N–H and O–H groups in total. The van der Waals surface area contributed by atoms with Crippen LogP contribution in [0.5, 0.6) is 5.75 Å². The molecule has 7 heteroatoms. The van der Waals surface area contributed by atoms with Gasteiger partial charge in [-0.2, -0.15) is 4.31 Å². The van der Waals surface area contributed by atoms with Gasteiger partial charge in [-0.15, -0.1) is 0 Å². The average Bonchev–Trinajstić information content (AvgIpc) is 2.96. The fourth-order valence-electron chi connectivity index (χ4n) is 4.43. The highest BCUT2D eigenvalue weighted by molar-refractivity contribution is 7.89. The third-order valence-corrected chi connectivity index (χ3v) is 8.21. The van der Waals surface area contributed by atoms with Crippen molar-refractivity contribution in [3.63, 3.8) is 0 Å². The Morgan fingerprint density at radius 3 is 2.13 bits per heavy atom. The van der Waals surface area contributed by atoms with E-state index in [0.29, 0.717) is 16.9 Å². The minimum absolute atomic E-state index is 0.210. The molecule has 5 rings (SSSR count). The molecule has 0 saturated heterocycles. The van der Waals surface area contributed by atoms with Crippen LogP contribution < -0.4 is 4.74 Å². The Kier molecular flexibility index (Phi) is 8.06. The van der Waals surface area contributed by atoms with Crippen molar-refractivity contribution in [2.75, 3.05) is 6.61 Å². The van der Waals surface area contributed by atoms with E-state index in [1.807, 2.05) is 78.9 Å². The molecule has 0 aliphatic heterocycles. The number of aryl methyl sites for hydroxylation is 1. The van der Waals surface area contributed by atoms with E-state index in [0.717, 1.165) is 35.1 Å². The lowest BCUT2D eigenvalue weighted by molar-refractivity contribution is 0.310. The molecule has 2 aromatic heterocycles. The molecule has 2 heterocycles. The molecule has 0 fully saturated rings. The number of pyridine rings is 2. The minimum atomic E-state index is -3.82. The number of hydrogen-bond donors (Lipinski definition) is 0. The summed E-state index contributed by atoms with van der Waals surface area (Å²) in [6, 6.07) is 28.3. The van der Waals surface area contributed by atoms with Gasteiger partial charge in [0.1, 0.15) is 5.75 Å². The SMILES string of the molecule is O=S(=O)(c1cccc2ccccc12)N(Cc1ccncc1)Cc1cccc(OCCCc2ccncc2)c1. The molecular weight excluding hydrogens is 494 g/mol. The second kappa shape index (κ2) is 12.0. The number of benzene rings is 3. The number of ether oxygens (including phenoxy) is 1. The van der Waals surface area contributed by atoms with Crippen molar-refractivity contribution < 1.29 is 13.2 Å². The van der Waals surface area contributed by atoms with E-state index in [1.54, 1.807) is 36.9 Å². The summed E-state index contributed by atoms with van der Waals surface area (Å²) in [5.74, 6) is 0.726. The van der Waals surface area contributed by atoms with Crippen LogP contribution >= 0.6 is 0 Å². The lowest BCUT2D eigenvalue weighted by Crippen LogP contribution is -2.30. The van der Waals surface area contributed by atoms with Crippen LogP contribution in [-0.2, 0) is 29.5 Å². The highest BCUT2D eigenvalue weighted by Gasteiger charge is 2.27. The van der Waals surface area contributed by atoms with Crippen LogP contribution in [0.25, 0.3) is 10.8 Å². The van der Waals surface area contributed by atoms with Crippen molar-refractivity contribution in [1.82, 2.24) is 14.3 Å². The van der Waals surface area contributed by atoms with Crippen LogP contribution in [0.1, 0.15) is 23.1 Å². The first-order chi connectivity index (χ1) is 18.6. The molecule has 3 aromatic carbocycles. The summed E-state index contributed by atoms with van der Waals surface area (Å²) in [5, 5.41) is 1.60. The summed E-state index contributed by atoms with van der Waals surface area (Å²) in [6.07, 6.45) is 8.73.